The van der Waals surface area contributed by atoms with Gasteiger partial charge in [-0.15, -0.1) is 0 Å². The third-order valence-electron chi connectivity index (χ3n) is 0.854. The van der Waals surface area contributed by atoms with Gasteiger partial charge in [-0.2, -0.15) is 0 Å². The van der Waals surface area contributed by atoms with Crippen molar-refractivity contribution in [1.82, 2.24) is 0 Å². The lowest BCUT2D eigenvalue weighted by Crippen LogP contribution is -2.15. The number of hydrogen-bond donors (Lipinski definition) is 0. The van der Waals surface area contributed by atoms with Crippen molar-refractivity contribution in [3.8, 4) is 0 Å². The van der Waals surface area contributed by atoms with Gasteiger partial charge in [-0.25, -0.2) is 0 Å². The van der Waals surface area contributed by atoms with Crippen LogP contribution in [-0.2, 0) is 0 Å². The second kappa shape index (κ2) is 3.08. The highest BCUT2D eigenvalue weighted by Crippen LogP contribution is 2.01. The zero-order valence-corrected chi connectivity index (χ0v) is 7.36. The largest absolute Gasteiger partial charge is 0.0989 e. The topological polar surface area (TPSA) is 0 Å². The molecule has 0 aliphatic rings. The van der Waals surface area contributed by atoms with Crippen LogP contribution in [0.5, 0.6) is 0 Å². The highest BCUT2D eigenvalue weighted by atomic mass is 28.3. The van der Waals surface area contributed by atoms with Crippen LogP contribution < -0.4 is 0 Å². The second-order valence-corrected chi connectivity index (χ2v) is 8.24. The van der Waals surface area contributed by atoms with E-state index >= 15 is 0 Å². The molecule has 0 aliphatic heterocycles. The van der Waals surface area contributed by atoms with Crippen molar-refractivity contribution in [2.75, 3.05) is 0 Å². The van der Waals surface area contributed by atoms with Gasteiger partial charge < -0.3 is 0 Å². The van der Waals surface area contributed by atoms with Crippen molar-refractivity contribution in [3.63, 3.8) is 0 Å². The van der Waals surface area contributed by atoms with E-state index < -0.39 is 8.07 Å². The van der Waals surface area contributed by atoms with Gasteiger partial charge in [0.1, 0.15) is 0 Å². The molecule has 0 aromatic rings. The minimum Gasteiger partial charge on any atom is -0.0989 e. The van der Waals surface area contributed by atoms with Crippen molar-refractivity contribution in [1.29, 1.82) is 0 Å². The van der Waals surface area contributed by atoms with Crippen LogP contribution in [0.4, 0.5) is 0 Å². The standard InChI is InChI=1S/C7H16Si/c1-5-6-7-8(2,3)4/h6-7H,5H2,1-4H3/b7-6-. The molecule has 0 radical (unpaired) electrons. The van der Waals surface area contributed by atoms with Crippen LogP contribution in [0.1, 0.15) is 13.3 Å². The summed E-state index contributed by atoms with van der Waals surface area (Å²) in [6, 6.07) is 0. The predicted molar refractivity (Wildman–Crippen MR) is 42.8 cm³/mol. The number of rotatable bonds is 2. The Hall–Kier alpha value is -0.0431. The Balaban J connectivity index is 3.52. The van der Waals surface area contributed by atoms with Gasteiger partial charge >= 0.3 is 0 Å². The maximum atomic E-state index is 2.38. The van der Waals surface area contributed by atoms with Gasteiger partial charge in [0.25, 0.3) is 0 Å². The molecule has 0 nitrogen and oxygen atoms in total. The average Bonchev–Trinajstić information content (AvgIpc) is 1.59. The Labute approximate surface area is 53.6 Å². The zero-order chi connectivity index (χ0) is 6.62. The van der Waals surface area contributed by atoms with Crippen LogP contribution in [0.15, 0.2) is 11.8 Å². The molecule has 0 spiro atoms. The molecule has 0 aliphatic carbocycles. The van der Waals surface area contributed by atoms with E-state index in [0.717, 1.165) is 0 Å². The van der Waals surface area contributed by atoms with Gasteiger partial charge in [-0.1, -0.05) is 38.3 Å². The van der Waals surface area contributed by atoms with Crippen LogP contribution in [0.25, 0.3) is 0 Å². The molecule has 0 saturated carbocycles. The van der Waals surface area contributed by atoms with Gasteiger partial charge in [-0.05, 0) is 6.42 Å². The molecule has 0 amide bonds. The molecule has 0 saturated heterocycles. The van der Waals surface area contributed by atoms with Crippen molar-refractivity contribution in [3.05, 3.63) is 11.8 Å². The molecular weight excluding hydrogens is 112 g/mol. The van der Waals surface area contributed by atoms with Crippen LogP contribution in [0, 0.1) is 0 Å². The molecule has 0 bridgehead atoms. The third kappa shape index (κ3) is 5.96. The van der Waals surface area contributed by atoms with E-state index in [9.17, 15) is 0 Å². The Morgan fingerprint density at radius 2 is 1.75 bits per heavy atom. The predicted octanol–water partition coefficient (Wildman–Crippen LogP) is 2.83. The SMILES string of the molecule is CC/C=C\[Si](C)(C)C. The van der Waals surface area contributed by atoms with E-state index in [1.165, 1.54) is 6.42 Å². The van der Waals surface area contributed by atoms with Crippen molar-refractivity contribution in [2.45, 2.75) is 33.0 Å². The molecule has 0 heterocycles. The Morgan fingerprint density at radius 3 is 1.88 bits per heavy atom. The fourth-order valence-electron chi connectivity index (χ4n) is 0.471. The van der Waals surface area contributed by atoms with Crippen LogP contribution >= 0.6 is 0 Å². The first-order valence-electron chi connectivity index (χ1n) is 3.24. The molecule has 0 atom stereocenters. The quantitative estimate of drug-likeness (QED) is 0.502. The second-order valence-electron chi connectivity index (χ2n) is 3.18. The Kier molecular flexibility index (Phi) is 3.06. The molecule has 0 unspecified atom stereocenters. The summed E-state index contributed by atoms with van der Waals surface area (Å²) < 4.78 is 0. The van der Waals surface area contributed by atoms with Gasteiger partial charge in [-0.3, -0.25) is 0 Å². The number of hydrogen-bond acceptors (Lipinski definition) is 0. The molecular formula is C7H16Si. The maximum Gasteiger partial charge on any atom is 0.0682 e. The van der Waals surface area contributed by atoms with Crippen molar-refractivity contribution >= 4 is 8.07 Å². The van der Waals surface area contributed by atoms with Gasteiger partial charge in [0.2, 0.25) is 0 Å². The summed E-state index contributed by atoms with van der Waals surface area (Å²) in [5.41, 5.74) is 2.38. The molecule has 48 valence electrons. The molecule has 0 rings (SSSR count). The first-order chi connectivity index (χ1) is 3.56. The zero-order valence-electron chi connectivity index (χ0n) is 6.36. The van der Waals surface area contributed by atoms with E-state index in [4.69, 9.17) is 0 Å². The highest BCUT2D eigenvalue weighted by molar-refractivity contribution is 6.80. The normalized spacial score (nSPS) is 13.0. The smallest absolute Gasteiger partial charge is 0.0682 e. The summed E-state index contributed by atoms with van der Waals surface area (Å²) in [6.07, 6.45) is 3.45. The van der Waals surface area contributed by atoms with Gasteiger partial charge in [0, 0.05) is 0 Å². The lowest BCUT2D eigenvalue weighted by Gasteiger charge is -2.06. The van der Waals surface area contributed by atoms with E-state index in [1.807, 2.05) is 0 Å². The van der Waals surface area contributed by atoms with Gasteiger partial charge in [0.15, 0.2) is 0 Å². The Morgan fingerprint density at radius 1 is 1.25 bits per heavy atom. The summed E-state index contributed by atoms with van der Waals surface area (Å²) >= 11 is 0. The van der Waals surface area contributed by atoms with Crippen LogP contribution in [0.3, 0.4) is 0 Å². The molecule has 1 heteroatoms. The minimum absolute atomic E-state index is 0.859. The molecule has 0 N–H and O–H groups in total. The number of allylic oxidation sites excluding steroid dienone is 1. The van der Waals surface area contributed by atoms with E-state index in [2.05, 4.69) is 38.3 Å². The summed E-state index contributed by atoms with van der Waals surface area (Å²) in [4.78, 5) is 0. The first kappa shape index (κ1) is 7.96. The lowest BCUT2D eigenvalue weighted by atomic mass is 10.5. The average molecular weight is 128 g/mol. The van der Waals surface area contributed by atoms with Crippen LogP contribution in [0.2, 0.25) is 19.6 Å². The fourth-order valence-corrected chi connectivity index (χ4v) is 1.41. The molecule has 0 fully saturated rings. The van der Waals surface area contributed by atoms with Crippen LogP contribution in [-0.4, -0.2) is 8.07 Å². The van der Waals surface area contributed by atoms with Crippen molar-refractivity contribution < 1.29 is 0 Å². The maximum absolute atomic E-state index is 2.38. The summed E-state index contributed by atoms with van der Waals surface area (Å²) in [7, 11) is -0.859. The van der Waals surface area contributed by atoms with E-state index in [0.29, 0.717) is 0 Å². The first-order valence-corrected chi connectivity index (χ1v) is 6.81. The Bertz CT molecular complexity index is 76.9. The lowest BCUT2D eigenvalue weighted by molar-refractivity contribution is 1.23. The van der Waals surface area contributed by atoms with Gasteiger partial charge in [0.05, 0.1) is 8.07 Å². The highest BCUT2D eigenvalue weighted by Gasteiger charge is 2.05. The molecule has 8 heavy (non-hydrogen) atoms. The molecule has 0 aromatic heterocycles. The van der Waals surface area contributed by atoms with E-state index in [-0.39, 0.29) is 0 Å². The summed E-state index contributed by atoms with van der Waals surface area (Å²) in [5, 5.41) is 0. The summed E-state index contributed by atoms with van der Waals surface area (Å²) in [5.74, 6) is 0. The third-order valence-corrected chi connectivity index (χ3v) is 2.09. The van der Waals surface area contributed by atoms with Crippen molar-refractivity contribution in [2.24, 2.45) is 0 Å². The summed E-state index contributed by atoms with van der Waals surface area (Å²) in [6.45, 7) is 9.22. The minimum atomic E-state index is -0.859. The fraction of sp³-hybridized carbons (Fsp3) is 0.714. The monoisotopic (exact) mass is 128 g/mol. The molecule has 0 aromatic carbocycles. The van der Waals surface area contributed by atoms with E-state index in [1.54, 1.807) is 0 Å².